The van der Waals surface area contributed by atoms with E-state index in [0.29, 0.717) is 19.3 Å². The molecule has 0 fully saturated rings. The smallest absolute Gasteiger partial charge is 0.306 e. The minimum atomic E-state index is -0.811. The Balaban J connectivity index is 4.41. The van der Waals surface area contributed by atoms with Crippen LogP contribution in [0.5, 0.6) is 0 Å². The largest absolute Gasteiger partial charge is 0.462 e. The van der Waals surface area contributed by atoms with Crippen molar-refractivity contribution < 1.29 is 28.6 Å². The lowest BCUT2D eigenvalue weighted by atomic mass is 10.0. The quantitative estimate of drug-likeness (QED) is 0.0261. The van der Waals surface area contributed by atoms with Crippen LogP contribution in [-0.2, 0) is 28.6 Å². The molecule has 0 bridgehead atoms. The molecule has 0 aliphatic carbocycles. The summed E-state index contributed by atoms with van der Waals surface area (Å²) in [4.78, 5) is 38.1. The predicted octanol–water partition coefficient (Wildman–Crippen LogP) is 19.8. The Bertz CT molecular complexity index is 1560. The number of unbranched alkanes of at least 4 members (excludes halogenated alkanes) is 18. The molecule has 406 valence electrons. The molecular formula is C66H106O6. The Morgan fingerprint density at radius 3 is 0.875 bits per heavy atom. The minimum Gasteiger partial charge on any atom is -0.462 e. The van der Waals surface area contributed by atoms with E-state index in [1.165, 1.54) is 57.8 Å². The SMILES string of the molecule is CC/C=C\C/C=C\C/C=C\C/C=C\C/C=C\C/C=C\C/C=C\CCCCCCCC(=O)OCC(COC(=O)CCCCCCCCCCCCCC)OC(=O)CCCC/C=C\C/C=C\C/C=C\C/C=C\CC. The fourth-order valence-corrected chi connectivity index (χ4v) is 7.59. The molecule has 1 atom stereocenters. The van der Waals surface area contributed by atoms with Gasteiger partial charge in [0.05, 0.1) is 0 Å². The maximum Gasteiger partial charge on any atom is 0.306 e. The summed E-state index contributed by atoms with van der Waals surface area (Å²) in [5.74, 6) is -0.969. The van der Waals surface area contributed by atoms with E-state index in [-0.39, 0.29) is 37.5 Å². The summed E-state index contributed by atoms with van der Waals surface area (Å²) in [6.45, 7) is 6.35. The summed E-state index contributed by atoms with van der Waals surface area (Å²) < 4.78 is 16.8. The van der Waals surface area contributed by atoms with E-state index in [1.807, 2.05) is 0 Å². The highest BCUT2D eigenvalue weighted by molar-refractivity contribution is 5.71. The number of carbonyl (C=O) groups is 3. The zero-order valence-corrected chi connectivity index (χ0v) is 46.4. The van der Waals surface area contributed by atoms with Crippen LogP contribution in [-0.4, -0.2) is 37.2 Å². The van der Waals surface area contributed by atoms with Gasteiger partial charge in [-0.05, 0) is 116 Å². The van der Waals surface area contributed by atoms with Crippen molar-refractivity contribution >= 4 is 17.9 Å². The molecule has 0 radical (unpaired) electrons. The summed E-state index contributed by atoms with van der Waals surface area (Å²) in [5.41, 5.74) is 0. The van der Waals surface area contributed by atoms with Crippen molar-refractivity contribution in [3.05, 3.63) is 134 Å². The highest BCUT2D eigenvalue weighted by atomic mass is 16.6. The van der Waals surface area contributed by atoms with Crippen molar-refractivity contribution in [2.24, 2.45) is 0 Å². The van der Waals surface area contributed by atoms with Gasteiger partial charge in [0, 0.05) is 19.3 Å². The topological polar surface area (TPSA) is 78.9 Å². The van der Waals surface area contributed by atoms with Gasteiger partial charge in [0.2, 0.25) is 0 Å². The minimum absolute atomic E-state index is 0.103. The first-order valence-electron chi connectivity index (χ1n) is 29.2. The molecule has 0 saturated carbocycles. The lowest BCUT2D eigenvalue weighted by Gasteiger charge is -2.18. The molecule has 6 nitrogen and oxygen atoms in total. The molecule has 0 spiro atoms. The molecule has 0 aromatic rings. The summed E-state index contributed by atoms with van der Waals surface area (Å²) in [6, 6.07) is 0. The number of esters is 3. The van der Waals surface area contributed by atoms with E-state index in [1.54, 1.807) is 0 Å². The lowest BCUT2D eigenvalue weighted by Crippen LogP contribution is -2.30. The second-order valence-corrected chi connectivity index (χ2v) is 18.8. The van der Waals surface area contributed by atoms with Crippen LogP contribution < -0.4 is 0 Å². The van der Waals surface area contributed by atoms with Crippen LogP contribution in [0.3, 0.4) is 0 Å². The number of hydrogen-bond acceptors (Lipinski definition) is 6. The van der Waals surface area contributed by atoms with Crippen LogP contribution in [0.2, 0.25) is 0 Å². The first-order valence-corrected chi connectivity index (χ1v) is 29.2. The number of ether oxygens (including phenoxy) is 3. The average molecular weight is 996 g/mol. The standard InChI is InChI=1S/C66H106O6/c1-4-7-10-13-16-19-22-25-27-28-29-30-31-32-33-34-35-36-37-38-40-41-44-47-50-53-56-59-65(68)71-62-63(61-70-64(67)58-55-52-49-46-43-24-21-18-15-12-9-6-3)72-66(69)60-57-54-51-48-45-42-39-26-23-20-17-14-11-8-5-2/h7-8,10-11,16-17,19-20,25-27,29-30,32-33,35-36,38-40,45,48,63H,4-6,9,12-15,18,21-24,28,31,34,37,41-44,46-47,49-62H2,1-3H3/b10-7-,11-8-,19-16-,20-17-,27-25-,30-29-,33-32-,36-35-,39-26-,40-38-,48-45-. The third-order valence-electron chi connectivity index (χ3n) is 11.9. The van der Waals surface area contributed by atoms with E-state index in [2.05, 4.69) is 154 Å². The van der Waals surface area contributed by atoms with Crippen LogP contribution in [0.15, 0.2) is 134 Å². The summed E-state index contributed by atoms with van der Waals surface area (Å²) in [7, 11) is 0. The Kier molecular flexibility index (Phi) is 55.5. The molecule has 0 amide bonds. The molecule has 0 heterocycles. The van der Waals surface area contributed by atoms with Crippen LogP contribution >= 0.6 is 0 Å². The fraction of sp³-hybridized carbons (Fsp3) is 0.621. The summed E-state index contributed by atoms with van der Waals surface area (Å²) in [5, 5.41) is 0. The van der Waals surface area contributed by atoms with Gasteiger partial charge in [0.25, 0.3) is 0 Å². The first kappa shape index (κ1) is 67.5. The Morgan fingerprint density at radius 2 is 0.542 bits per heavy atom. The van der Waals surface area contributed by atoms with E-state index in [9.17, 15) is 14.4 Å². The Labute approximate surface area is 443 Å². The second kappa shape index (κ2) is 59.1. The number of hydrogen-bond donors (Lipinski definition) is 0. The van der Waals surface area contributed by atoms with Gasteiger partial charge in [-0.2, -0.15) is 0 Å². The Hall–Kier alpha value is -4.45. The van der Waals surface area contributed by atoms with Gasteiger partial charge < -0.3 is 14.2 Å². The van der Waals surface area contributed by atoms with Gasteiger partial charge in [-0.25, -0.2) is 0 Å². The molecule has 0 rings (SSSR count). The molecule has 72 heavy (non-hydrogen) atoms. The molecule has 0 aliphatic rings. The highest BCUT2D eigenvalue weighted by Gasteiger charge is 2.19. The highest BCUT2D eigenvalue weighted by Crippen LogP contribution is 2.14. The van der Waals surface area contributed by atoms with Crippen LogP contribution in [0.4, 0.5) is 0 Å². The molecular weight excluding hydrogens is 889 g/mol. The van der Waals surface area contributed by atoms with E-state index in [4.69, 9.17) is 14.2 Å². The third-order valence-corrected chi connectivity index (χ3v) is 11.9. The zero-order valence-electron chi connectivity index (χ0n) is 46.4. The average Bonchev–Trinajstić information content (AvgIpc) is 3.38. The molecule has 0 aliphatic heterocycles. The monoisotopic (exact) mass is 995 g/mol. The van der Waals surface area contributed by atoms with Crippen molar-refractivity contribution in [3.63, 3.8) is 0 Å². The lowest BCUT2D eigenvalue weighted by molar-refractivity contribution is -0.167. The maximum atomic E-state index is 12.8. The van der Waals surface area contributed by atoms with E-state index < -0.39 is 6.10 Å². The van der Waals surface area contributed by atoms with Crippen molar-refractivity contribution in [2.45, 2.75) is 252 Å². The van der Waals surface area contributed by atoms with Crippen molar-refractivity contribution in [1.29, 1.82) is 0 Å². The van der Waals surface area contributed by atoms with Gasteiger partial charge in [-0.15, -0.1) is 0 Å². The van der Waals surface area contributed by atoms with E-state index >= 15 is 0 Å². The molecule has 0 aromatic heterocycles. The van der Waals surface area contributed by atoms with Crippen molar-refractivity contribution in [2.75, 3.05) is 13.2 Å². The maximum absolute atomic E-state index is 12.8. The van der Waals surface area contributed by atoms with Crippen molar-refractivity contribution in [3.8, 4) is 0 Å². The van der Waals surface area contributed by atoms with Crippen molar-refractivity contribution in [1.82, 2.24) is 0 Å². The van der Waals surface area contributed by atoms with Crippen LogP contribution in [0.25, 0.3) is 0 Å². The zero-order chi connectivity index (χ0) is 52.2. The Morgan fingerprint density at radius 1 is 0.292 bits per heavy atom. The van der Waals surface area contributed by atoms with Gasteiger partial charge in [-0.3, -0.25) is 14.4 Å². The summed E-state index contributed by atoms with van der Waals surface area (Å²) in [6.07, 6.45) is 83.0. The van der Waals surface area contributed by atoms with Gasteiger partial charge >= 0.3 is 17.9 Å². The molecule has 0 aromatic carbocycles. The molecule has 0 N–H and O–H groups in total. The number of rotatable bonds is 51. The van der Waals surface area contributed by atoms with Gasteiger partial charge in [0.1, 0.15) is 13.2 Å². The van der Waals surface area contributed by atoms with E-state index in [0.717, 1.165) is 141 Å². The van der Waals surface area contributed by atoms with Gasteiger partial charge in [0.15, 0.2) is 6.10 Å². The molecule has 0 saturated heterocycles. The predicted molar refractivity (Wildman–Crippen MR) is 311 cm³/mol. The summed E-state index contributed by atoms with van der Waals surface area (Å²) >= 11 is 0. The first-order chi connectivity index (χ1) is 35.5. The number of carbonyl (C=O) groups excluding carboxylic acids is 3. The normalized spacial score (nSPS) is 13.1. The van der Waals surface area contributed by atoms with Crippen LogP contribution in [0, 0.1) is 0 Å². The second-order valence-electron chi connectivity index (χ2n) is 18.8. The molecule has 1 unspecified atom stereocenters. The molecule has 6 heteroatoms. The fourth-order valence-electron chi connectivity index (χ4n) is 7.59. The number of allylic oxidation sites excluding steroid dienone is 22. The van der Waals surface area contributed by atoms with Crippen LogP contribution in [0.1, 0.15) is 245 Å². The van der Waals surface area contributed by atoms with Gasteiger partial charge in [-0.1, -0.05) is 244 Å². The third kappa shape index (κ3) is 56.5.